The van der Waals surface area contributed by atoms with Crippen LogP contribution in [0.5, 0.6) is 0 Å². The molecule has 5 heterocycles. The number of nitrogens with one attached hydrogen (secondary N) is 1. The van der Waals surface area contributed by atoms with Gasteiger partial charge in [-0.25, -0.2) is 19.9 Å². The average molecular weight is 577 g/mol. The zero-order chi connectivity index (χ0) is 26.2. The fraction of sp³-hybridized carbons (Fsp3) is 0. The molecule has 1 N–H and O–H groups in total. The first-order chi connectivity index (χ1) is 19.8. The van der Waals surface area contributed by atoms with Crippen LogP contribution in [0.15, 0.2) is 97.1 Å². The van der Waals surface area contributed by atoms with E-state index in [1.54, 1.807) is 0 Å². The standard InChI is InChI=1S/C32H17N8.Cu/c1-2-10-18-17(9-1)25-33-26(18)38-28-21-13-5-6-14-22(21)30(35-28)40-32-24-16-8-7-15-23(24)31(36-32)39-29-20-12-4-3-11-19(20)27(34-29)37-25;/h1-16H,(H-,33,34,35,36,37,38,39,40);/q-1;+1. The Balaban J connectivity index is 0.00000256. The summed E-state index contributed by atoms with van der Waals surface area (Å²) in [6.45, 7) is 0. The van der Waals surface area contributed by atoms with E-state index in [-0.39, 0.29) is 17.1 Å². The Morgan fingerprint density at radius 1 is 0.390 bits per heavy atom. The number of H-pyrrole nitrogens is 1. The van der Waals surface area contributed by atoms with Crippen molar-refractivity contribution in [1.29, 1.82) is 0 Å². The van der Waals surface area contributed by atoms with Gasteiger partial charge in [0, 0.05) is 44.3 Å². The predicted octanol–water partition coefficient (Wildman–Crippen LogP) is 6.50. The molecule has 8 nitrogen and oxygen atoms in total. The number of benzene rings is 4. The van der Waals surface area contributed by atoms with Crippen LogP contribution in [0.4, 0.5) is 0 Å². The van der Waals surface area contributed by atoms with E-state index in [1.165, 1.54) is 0 Å². The fourth-order valence-corrected chi connectivity index (χ4v) is 5.52. The molecule has 9 heteroatoms. The monoisotopic (exact) mass is 576 g/mol. The van der Waals surface area contributed by atoms with E-state index < -0.39 is 0 Å². The molecule has 0 radical (unpaired) electrons. The van der Waals surface area contributed by atoms with Crippen molar-refractivity contribution in [2.24, 2.45) is 0 Å². The van der Waals surface area contributed by atoms with Crippen LogP contribution in [0, 0.1) is 0 Å². The van der Waals surface area contributed by atoms with Crippen molar-refractivity contribution < 1.29 is 17.1 Å². The maximum absolute atomic E-state index is 5.00. The molecule has 0 saturated heterocycles. The maximum atomic E-state index is 5.00. The summed E-state index contributed by atoms with van der Waals surface area (Å²) in [7, 11) is 0. The summed E-state index contributed by atoms with van der Waals surface area (Å²) in [5.74, 6) is 2.30. The van der Waals surface area contributed by atoms with Gasteiger partial charge in [-0.15, -0.1) is 0 Å². The van der Waals surface area contributed by atoms with Gasteiger partial charge >= 0.3 is 17.1 Å². The molecular weight excluding hydrogens is 560 g/mol. The van der Waals surface area contributed by atoms with Gasteiger partial charge in [0.05, 0.1) is 11.6 Å². The van der Waals surface area contributed by atoms with Gasteiger partial charge in [-0.3, -0.25) is 0 Å². The molecule has 0 unspecified atom stereocenters. The Bertz CT molecular complexity index is 2030. The quantitative estimate of drug-likeness (QED) is 0.205. The minimum Gasteiger partial charge on any atom is -0.357 e. The summed E-state index contributed by atoms with van der Waals surface area (Å²) in [6.07, 6.45) is 0. The van der Waals surface area contributed by atoms with E-state index in [4.69, 9.17) is 34.9 Å². The van der Waals surface area contributed by atoms with E-state index in [2.05, 4.69) is 4.98 Å². The molecule has 0 aliphatic carbocycles. The molecule has 0 saturated carbocycles. The summed E-state index contributed by atoms with van der Waals surface area (Å²) >= 11 is 0. The van der Waals surface area contributed by atoms with Gasteiger partial charge in [-0.2, -0.15) is 0 Å². The Kier molecular flexibility index (Phi) is 5.12. The van der Waals surface area contributed by atoms with Crippen LogP contribution in [-0.2, 0) is 17.1 Å². The molecule has 4 aromatic carbocycles. The number of aromatic amines is 1. The molecule has 0 fully saturated rings. The van der Waals surface area contributed by atoms with Crippen molar-refractivity contribution in [3.8, 4) is 45.6 Å². The van der Waals surface area contributed by atoms with E-state index in [1.807, 2.05) is 97.1 Å². The minimum atomic E-state index is 0. The summed E-state index contributed by atoms with van der Waals surface area (Å²) in [5, 5.41) is 3.70. The largest absolute Gasteiger partial charge is 1.00 e. The topological polar surface area (TPSA) is 107 Å². The molecule has 2 aliphatic heterocycles. The van der Waals surface area contributed by atoms with Gasteiger partial charge in [0.1, 0.15) is 11.3 Å². The molecule has 0 spiro atoms. The molecule has 41 heavy (non-hydrogen) atoms. The molecule has 0 atom stereocenters. The predicted molar refractivity (Wildman–Crippen MR) is 155 cm³/mol. The van der Waals surface area contributed by atoms with Gasteiger partial charge < -0.3 is 19.9 Å². The molecule has 9 rings (SSSR count). The Labute approximate surface area is 243 Å². The second-order valence-corrected chi connectivity index (χ2v) is 9.73. The first-order valence-corrected chi connectivity index (χ1v) is 12.9. The normalized spacial score (nSPS) is 11.7. The van der Waals surface area contributed by atoms with Crippen LogP contribution in [0.3, 0.4) is 0 Å². The molecular formula is C32H17CuN8. The van der Waals surface area contributed by atoms with Gasteiger partial charge in [0.2, 0.25) is 0 Å². The van der Waals surface area contributed by atoms with Crippen molar-refractivity contribution in [3.63, 3.8) is 0 Å². The smallest absolute Gasteiger partial charge is 0.357 e. The number of hydrogen-bond donors (Lipinski definition) is 1. The third-order valence-electron chi connectivity index (χ3n) is 7.40. The Hall–Kier alpha value is -5.24. The van der Waals surface area contributed by atoms with Crippen LogP contribution in [0.2, 0.25) is 0 Å². The zero-order valence-corrected chi connectivity index (χ0v) is 22.1. The summed E-state index contributed by atoms with van der Waals surface area (Å²) in [4.78, 5) is 38.0. The molecule has 7 aromatic rings. The number of aromatic nitrogens is 8. The average Bonchev–Trinajstić information content (AvgIpc) is 3.73. The van der Waals surface area contributed by atoms with Crippen LogP contribution < -0.4 is 4.98 Å². The van der Waals surface area contributed by atoms with Crippen molar-refractivity contribution in [2.75, 3.05) is 0 Å². The number of rotatable bonds is 0. The fourth-order valence-electron chi connectivity index (χ4n) is 5.52. The van der Waals surface area contributed by atoms with E-state index in [0.29, 0.717) is 45.9 Å². The maximum Gasteiger partial charge on any atom is 1.00 e. The zero-order valence-electron chi connectivity index (χ0n) is 21.2. The van der Waals surface area contributed by atoms with Crippen LogP contribution >= 0.6 is 0 Å². The van der Waals surface area contributed by atoms with Gasteiger partial charge in [0.15, 0.2) is 11.6 Å². The van der Waals surface area contributed by atoms with Crippen molar-refractivity contribution >= 4 is 44.1 Å². The molecule has 8 bridgehead atoms. The molecule has 3 aromatic heterocycles. The number of nitrogens with zero attached hydrogens (tertiary/aromatic N) is 7. The van der Waals surface area contributed by atoms with Crippen LogP contribution in [0.25, 0.3) is 89.7 Å². The summed E-state index contributed by atoms with van der Waals surface area (Å²) in [6, 6.07) is 32.0. The van der Waals surface area contributed by atoms with Crippen molar-refractivity contribution in [2.45, 2.75) is 0 Å². The first kappa shape index (κ1) is 23.6. The van der Waals surface area contributed by atoms with E-state index in [0.717, 1.165) is 43.8 Å². The molecule has 0 amide bonds. The molecule has 196 valence electrons. The van der Waals surface area contributed by atoms with Gasteiger partial charge in [-0.05, 0) is 10.8 Å². The second kappa shape index (κ2) is 8.89. The minimum absolute atomic E-state index is 0. The summed E-state index contributed by atoms with van der Waals surface area (Å²) in [5.41, 5.74) is 6.11. The van der Waals surface area contributed by atoms with Crippen molar-refractivity contribution in [3.05, 3.63) is 97.1 Å². The third-order valence-corrected chi connectivity index (χ3v) is 7.40. The number of hydrogen-bond acceptors (Lipinski definition) is 6. The van der Waals surface area contributed by atoms with E-state index >= 15 is 0 Å². The van der Waals surface area contributed by atoms with Gasteiger partial charge in [0.25, 0.3) is 0 Å². The van der Waals surface area contributed by atoms with Crippen molar-refractivity contribution in [1.82, 2.24) is 39.9 Å². The third kappa shape index (κ3) is 3.53. The van der Waals surface area contributed by atoms with E-state index in [9.17, 15) is 0 Å². The second-order valence-electron chi connectivity index (χ2n) is 9.73. The molecule has 2 aliphatic rings. The van der Waals surface area contributed by atoms with Crippen LogP contribution in [0.1, 0.15) is 0 Å². The number of fused-ring (bicyclic) bond motifs is 20. The Morgan fingerprint density at radius 3 is 1.15 bits per heavy atom. The summed E-state index contributed by atoms with van der Waals surface area (Å²) < 4.78 is 0. The first-order valence-electron chi connectivity index (χ1n) is 12.9. The van der Waals surface area contributed by atoms with Gasteiger partial charge in [-0.1, -0.05) is 97.1 Å². The van der Waals surface area contributed by atoms with Crippen LogP contribution in [-0.4, -0.2) is 34.9 Å². The SMILES string of the molecule is [Cu+].c1ccc2c(c1)-c1nc-2nc2[nH]c(nc3nc(nc4[n-]c(n1)c1ccccc41)-c1ccccc1-3)c1ccccc21. The Morgan fingerprint density at radius 2 is 0.732 bits per heavy atom.